The molecule has 0 radical (unpaired) electrons. The van der Waals surface area contributed by atoms with E-state index in [9.17, 15) is 0 Å². The fraction of sp³-hybridized carbons (Fsp3) is 0.133. The molecule has 0 saturated heterocycles. The Kier molecular flexibility index (Phi) is 3.07. The highest BCUT2D eigenvalue weighted by molar-refractivity contribution is 5.87. The molecule has 0 aromatic heterocycles. The molecule has 30 heavy (non-hydrogen) atoms. The maximum atomic E-state index is 2.39. The molecule has 0 bridgehead atoms. The third-order valence-electron chi connectivity index (χ3n) is 7.82. The van der Waals surface area contributed by atoms with Crippen molar-refractivity contribution in [2.24, 2.45) is 0 Å². The van der Waals surface area contributed by atoms with Crippen molar-refractivity contribution in [2.45, 2.75) is 24.7 Å². The van der Waals surface area contributed by atoms with Gasteiger partial charge in [0.1, 0.15) is 0 Å². The lowest BCUT2D eigenvalue weighted by Crippen LogP contribution is -2.38. The molecule has 3 aliphatic rings. The summed E-state index contributed by atoms with van der Waals surface area (Å²) in [5, 5.41) is 0. The van der Waals surface area contributed by atoms with Gasteiger partial charge in [0.2, 0.25) is 0 Å². The van der Waals surface area contributed by atoms with Crippen LogP contribution < -0.4 is 0 Å². The van der Waals surface area contributed by atoms with E-state index in [2.05, 4.69) is 104 Å². The van der Waals surface area contributed by atoms with Crippen molar-refractivity contribution in [1.82, 2.24) is 0 Å². The number of allylic oxidation sites excluding steroid dienone is 2. The molecule has 0 N–H and O–H groups in total. The molecule has 0 nitrogen and oxygen atoms in total. The minimum Gasteiger partial charge on any atom is -0.0619 e. The number of fused-ring (bicyclic) bond motifs is 8. The largest absolute Gasteiger partial charge is 0.0619 e. The summed E-state index contributed by atoms with van der Waals surface area (Å²) in [6, 6.07) is 36.1. The molecule has 0 heteroatoms. The van der Waals surface area contributed by atoms with Crippen LogP contribution in [0.15, 0.2) is 108 Å². The lowest BCUT2D eigenvalue weighted by atomic mass is 9.56. The lowest BCUT2D eigenvalue weighted by molar-refractivity contribution is 0.506. The van der Waals surface area contributed by atoms with Crippen LogP contribution in [-0.2, 0) is 5.41 Å². The fourth-order valence-corrected chi connectivity index (χ4v) is 6.49. The Bertz CT molecular complexity index is 1290. The summed E-state index contributed by atoms with van der Waals surface area (Å²) in [5.41, 5.74) is 14.8. The average Bonchev–Trinajstić information content (AvgIpc) is 3.29. The molecular weight excluding hydrogens is 360 g/mol. The van der Waals surface area contributed by atoms with Gasteiger partial charge in [-0.25, -0.2) is 0 Å². The molecule has 4 aromatic carbocycles. The van der Waals surface area contributed by atoms with Crippen molar-refractivity contribution < 1.29 is 0 Å². The van der Waals surface area contributed by atoms with Crippen LogP contribution in [-0.4, -0.2) is 0 Å². The second-order valence-corrected chi connectivity index (χ2v) is 8.93. The standard InChI is InChI=1S/C30H22/c1-19-26(29-24-14-4-2-10-20(24)21-11-3-5-15-25(21)29)18-30(19)27-16-8-6-12-22(27)23-13-7-9-17-28(23)30/h2-17,29H,18H2,1H3. The molecule has 0 amide bonds. The summed E-state index contributed by atoms with van der Waals surface area (Å²) in [6.45, 7) is 2.39. The quantitative estimate of drug-likeness (QED) is 0.299. The van der Waals surface area contributed by atoms with Gasteiger partial charge in [-0.2, -0.15) is 0 Å². The summed E-state index contributed by atoms with van der Waals surface area (Å²) in [4.78, 5) is 0. The maximum absolute atomic E-state index is 2.39. The number of hydrogen-bond donors (Lipinski definition) is 0. The second kappa shape index (κ2) is 5.61. The van der Waals surface area contributed by atoms with E-state index in [-0.39, 0.29) is 5.41 Å². The first-order chi connectivity index (χ1) is 14.8. The zero-order valence-corrected chi connectivity index (χ0v) is 17.0. The minimum atomic E-state index is 0.0506. The molecule has 142 valence electrons. The first-order valence-corrected chi connectivity index (χ1v) is 10.9. The van der Waals surface area contributed by atoms with E-state index >= 15 is 0 Å². The Balaban J connectivity index is 1.47. The first kappa shape index (κ1) is 16.4. The van der Waals surface area contributed by atoms with Gasteiger partial charge < -0.3 is 0 Å². The Morgan fingerprint density at radius 2 is 1.00 bits per heavy atom. The Morgan fingerprint density at radius 3 is 1.50 bits per heavy atom. The zero-order valence-electron chi connectivity index (χ0n) is 17.0. The van der Waals surface area contributed by atoms with E-state index < -0.39 is 0 Å². The molecular formula is C30H22. The summed E-state index contributed by atoms with van der Waals surface area (Å²) in [7, 11) is 0. The highest BCUT2D eigenvalue weighted by atomic mass is 14.6. The first-order valence-electron chi connectivity index (χ1n) is 10.9. The molecule has 0 unspecified atom stereocenters. The summed E-state index contributed by atoms with van der Waals surface area (Å²) in [6.07, 6.45) is 1.11. The third-order valence-corrected chi connectivity index (χ3v) is 7.82. The van der Waals surface area contributed by atoms with E-state index in [1.165, 1.54) is 44.5 Å². The third kappa shape index (κ3) is 1.79. The van der Waals surface area contributed by atoms with Crippen LogP contribution in [0.25, 0.3) is 22.3 Å². The molecule has 0 aliphatic heterocycles. The van der Waals surface area contributed by atoms with Crippen LogP contribution in [0.5, 0.6) is 0 Å². The molecule has 3 aliphatic carbocycles. The van der Waals surface area contributed by atoms with Gasteiger partial charge in [0.05, 0.1) is 0 Å². The minimum absolute atomic E-state index is 0.0506. The van der Waals surface area contributed by atoms with Crippen LogP contribution in [0.2, 0.25) is 0 Å². The van der Waals surface area contributed by atoms with Gasteiger partial charge in [0, 0.05) is 11.3 Å². The van der Waals surface area contributed by atoms with E-state index in [0.29, 0.717) is 5.92 Å². The Labute approximate surface area is 177 Å². The number of benzene rings is 4. The van der Waals surface area contributed by atoms with Crippen LogP contribution >= 0.6 is 0 Å². The molecule has 0 saturated carbocycles. The summed E-state index contributed by atoms with van der Waals surface area (Å²) >= 11 is 0. The van der Waals surface area contributed by atoms with Gasteiger partial charge >= 0.3 is 0 Å². The van der Waals surface area contributed by atoms with Crippen molar-refractivity contribution in [3.8, 4) is 22.3 Å². The highest BCUT2D eigenvalue weighted by Crippen LogP contribution is 2.65. The number of rotatable bonds is 1. The predicted molar refractivity (Wildman–Crippen MR) is 124 cm³/mol. The van der Waals surface area contributed by atoms with Gasteiger partial charge in [-0.05, 0) is 57.9 Å². The molecule has 7 rings (SSSR count). The zero-order chi connectivity index (χ0) is 19.9. The number of hydrogen-bond acceptors (Lipinski definition) is 0. The van der Waals surface area contributed by atoms with Crippen LogP contribution in [0, 0.1) is 0 Å². The Morgan fingerprint density at radius 1 is 0.567 bits per heavy atom. The van der Waals surface area contributed by atoms with Gasteiger partial charge in [0.15, 0.2) is 0 Å². The van der Waals surface area contributed by atoms with Gasteiger partial charge in [-0.1, -0.05) is 108 Å². The highest BCUT2D eigenvalue weighted by Gasteiger charge is 2.53. The second-order valence-electron chi connectivity index (χ2n) is 8.93. The topological polar surface area (TPSA) is 0 Å². The van der Waals surface area contributed by atoms with Crippen molar-refractivity contribution in [1.29, 1.82) is 0 Å². The van der Waals surface area contributed by atoms with Crippen molar-refractivity contribution in [3.05, 3.63) is 130 Å². The Hall–Kier alpha value is -3.38. The van der Waals surface area contributed by atoms with Crippen molar-refractivity contribution in [3.63, 3.8) is 0 Å². The van der Waals surface area contributed by atoms with E-state index in [0.717, 1.165) is 6.42 Å². The SMILES string of the molecule is CC1=C(C2c3ccccc3-c3ccccc32)CC12c1ccccc1-c1ccccc12. The van der Waals surface area contributed by atoms with Crippen LogP contribution in [0.4, 0.5) is 0 Å². The summed E-state index contributed by atoms with van der Waals surface area (Å²) in [5.74, 6) is 0.392. The van der Waals surface area contributed by atoms with Gasteiger partial charge in [-0.15, -0.1) is 0 Å². The normalized spacial score (nSPS) is 17.4. The van der Waals surface area contributed by atoms with E-state index in [4.69, 9.17) is 0 Å². The van der Waals surface area contributed by atoms with E-state index in [1.807, 2.05) is 0 Å². The predicted octanol–water partition coefficient (Wildman–Crippen LogP) is 7.49. The molecule has 0 atom stereocenters. The van der Waals surface area contributed by atoms with Gasteiger partial charge in [0.25, 0.3) is 0 Å². The molecule has 1 spiro atoms. The maximum Gasteiger partial charge on any atom is 0.0461 e. The molecule has 0 heterocycles. The molecule has 0 fully saturated rings. The molecule has 4 aromatic rings. The van der Waals surface area contributed by atoms with E-state index in [1.54, 1.807) is 11.1 Å². The van der Waals surface area contributed by atoms with Crippen LogP contribution in [0.3, 0.4) is 0 Å². The van der Waals surface area contributed by atoms with Crippen LogP contribution in [0.1, 0.15) is 41.5 Å². The lowest BCUT2D eigenvalue weighted by Gasteiger charge is -2.46. The monoisotopic (exact) mass is 382 g/mol. The van der Waals surface area contributed by atoms with Crippen molar-refractivity contribution >= 4 is 0 Å². The smallest absolute Gasteiger partial charge is 0.0461 e. The van der Waals surface area contributed by atoms with Gasteiger partial charge in [-0.3, -0.25) is 0 Å². The van der Waals surface area contributed by atoms with Crippen molar-refractivity contribution in [2.75, 3.05) is 0 Å². The average molecular weight is 383 g/mol. The summed E-state index contributed by atoms with van der Waals surface area (Å²) < 4.78 is 0. The fourth-order valence-electron chi connectivity index (χ4n) is 6.49.